The molecule has 0 amide bonds. The van der Waals surface area contributed by atoms with Gasteiger partial charge in [-0.25, -0.2) is 9.59 Å². The van der Waals surface area contributed by atoms with Crippen LogP contribution < -0.4 is 4.74 Å². The van der Waals surface area contributed by atoms with Crippen LogP contribution in [0.1, 0.15) is 11.1 Å². The van der Waals surface area contributed by atoms with E-state index in [9.17, 15) is 0 Å². The molecule has 3 rings (SSSR count). The van der Waals surface area contributed by atoms with Gasteiger partial charge in [0.1, 0.15) is 5.75 Å². The monoisotopic (exact) mass is 498 g/mol. The predicted octanol–water partition coefficient (Wildman–Crippen LogP) is 3.58. The Labute approximate surface area is 188 Å². The number of piperazine rings is 1. The minimum absolute atomic E-state index is 0.816. The van der Waals surface area contributed by atoms with Crippen molar-refractivity contribution in [2.75, 3.05) is 33.3 Å². The summed E-state index contributed by atoms with van der Waals surface area (Å²) in [6.45, 7) is 6.30. The molecule has 1 aliphatic rings. The van der Waals surface area contributed by atoms with Crippen LogP contribution in [0.3, 0.4) is 0 Å². The van der Waals surface area contributed by atoms with Crippen molar-refractivity contribution in [3.63, 3.8) is 0 Å². The number of carbonyl (C=O) groups is 2. The average Bonchev–Trinajstić information content (AvgIpc) is 2.70. The van der Waals surface area contributed by atoms with E-state index in [1.165, 1.54) is 11.1 Å². The molecule has 162 valence electrons. The maximum atomic E-state index is 9.10. The van der Waals surface area contributed by atoms with Crippen molar-refractivity contribution in [2.45, 2.75) is 13.1 Å². The van der Waals surface area contributed by atoms with Gasteiger partial charge in [-0.2, -0.15) is 0 Å². The molecule has 0 unspecified atom stereocenters. The molecule has 0 radical (unpaired) electrons. The van der Waals surface area contributed by atoms with Gasteiger partial charge in [0.25, 0.3) is 0 Å². The van der Waals surface area contributed by atoms with Crippen LogP contribution >= 0.6 is 27.5 Å². The molecular weight excluding hydrogens is 476 g/mol. The zero-order chi connectivity index (χ0) is 22.1. The highest BCUT2D eigenvalue weighted by molar-refractivity contribution is 9.10. The van der Waals surface area contributed by atoms with Gasteiger partial charge in [-0.15, -0.1) is 0 Å². The van der Waals surface area contributed by atoms with Crippen LogP contribution in [0.5, 0.6) is 5.75 Å². The second-order valence-electron chi connectivity index (χ2n) is 6.76. The Morgan fingerprint density at radius 2 is 1.50 bits per heavy atom. The first-order valence-corrected chi connectivity index (χ1v) is 10.4. The Balaban J connectivity index is 0.000000469. The predicted molar refractivity (Wildman–Crippen MR) is 118 cm³/mol. The van der Waals surface area contributed by atoms with Crippen LogP contribution in [0.4, 0.5) is 0 Å². The number of aliphatic carboxylic acids is 2. The van der Waals surface area contributed by atoms with Gasteiger partial charge in [-0.3, -0.25) is 9.80 Å². The van der Waals surface area contributed by atoms with Crippen LogP contribution in [-0.4, -0.2) is 65.2 Å². The van der Waals surface area contributed by atoms with Crippen molar-refractivity contribution in [1.82, 2.24) is 9.80 Å². The normalized spacial score (nSPS) is 14.5. The quantitative estimate of drug-likeness (QED) is 0.608. The van der Waals surface area contributed by atoms with Crippen molar-refractivity contribution >= 4 is 39.5 Å². The van der Waals surface area contributed by atoms with E-state index in [0.29, 0.717) is 0 Å². The number of carboxylic acids is 2. The Hall–Kier alpha value is -2.13. The van der Waals surface area contributed by atoms with Gasteiger partial charge in [0.2, 0.25) is 0 Å². The number of benzene rings is 2. The minimum atomic E-state index is -1.82. The summed E-state index contributed by atoms with van der Waals surface area (Å²) in [6, 6.07) is 14.5. The summed E-state index contributed by atoms with van der Waals surface area (Å²) in [4.78, 5) is 23.2. The van der Waals surface area contributed by atoms with Gasteiger partial charge in [0.05, 0.1) is 11.6 Å². The van der Waals surface area contributed by atoms with Crippen LogP contribution in [-0.2, 0) is 22.7 Å². The SMILES string of the molecule is COc1ccc(CN2CCN(Cc3cccc(Cl)c3)CC2)cc1Br.O=C(O)C(=O)O. The second kappa shape index (κ2) is 11.9. The largest absolute Gasteiger partial charge is 0.496 e. The average molecular weight is 500 g/mol. The van der Waals surface area contributed by atoms with E-state index >= 15 is 0 Å². The lowest BCUT2D eigenvalue weighted by atomic mass is 10.1. The molecule has 2 N–H and O–H groups in total. The highest BCUT2D eigenvalue weighted by atomic mass is 79.9. The van der Waals surface area contributed by atoms with Gasteiger partial charge in [0, 0.05) is 44.3 Å². The molecule has 0 bridgehead atoms. The van der Waals surface area contributed by atoms with E-state index in [1.54, 1.807) is 7.11 Å². The summed E-state index contributed by atoms with van der Waals surface area (Å²) in [5.41, 5.74) is 2.60. The first kappa shape index (κ1) is 24.1. The summed E-state index contributed by atoms with van der Waals surface area (Å²) >= 11 is 9.63. The van der Waals surface area contributed by atoms with Gasteiger partial charge in [-0.05, 0) is 51.3 Å². The molecule has 0 saturated carbocycles. The van der Waals surface area contributed by atoms with Crippen LogP contribution in [0.2, 0.25) is 5.02 Å². The van der Waals surface area contributed by atoms with Crippen molar-refractivity contribution in [3.05, 3.63) is 63.1 Å². The Kier molecular flexibility index (Phi) is 9.58. The molecule has 0 aliphatic carbocycles. The van der Waals surface area contributed by atoms with E-state index in [1.807, 2.05) is 18.2 Å². The fraction of sp³-hybridized carbons (Fsp3) is 0.333. The van der Waals surface area contributed by atoms with E-state index < -0.39 is 11.9 Å². The smallest absolute Gasteiger partial charge is 0.414 e. The maximum absolute atomic E-state index is 9.10. The molecule has 1 aliphatic heterocycles. The number of carboxylic acid groups (broad SMARTS) is 2. The lowest BCUT2D eigenvalue weighted by molar-refractivity contribution is -0.159. The zero-order valence-corrected chi connectivity index (χ0v) is 18.9. The molecule has 1 heterocycles. The summed E-state index contributed by atoms with van der Waals surface area (Å²) in [5.74, 6) is -2.77. The Morgan fingerprint density at radius 1 is 0.967 bits per heavy atom. The topological polar surface area (TPSA) is 90.3 Å². The first-order valence-electron chi connectivity index (χ1n) is 9.26. The van der Waals surface area contributed by atoms with Crippen LogP contribution in [0.15, 0.2) is 46.9 Å². The molecule has 0 atom stereocenters. The molecule has 2 aromatic rings. The van der Waals surface area contributed by atoms with Crippen molar-refractivity contribution in [3.8, 4) is 5.75 Å². The fourth-order valence-electron chi connectivity index (χ4n) is 3.07. The number of hydrogen-bond acceptors (Lipinski definition) is 5. The summed E-state index contributed by atoms with van der Waals surface area (Å²) in [7, 11) is 1.69. The number of halogens is 2. The lowest BCUT2D eigenvalue weighted by Gasteiger charge is -2.34. The fourth-order valence-corrected chi connectivity index (χ4v) is 3.87. The summed E-state index contributed by atoms with van der Waals surface area (Å²) in [5, 5.41) is 15.6. The molecule has 0 spiro atoms. The first-order chi connectivity index (χ1) is 14.3. The molecule has 0 aromatic heterocycles. The number of methoxy groups -OCH3 is 1. The second-order valence-corrected chi connectivity index (χ2v) is 8.05. The van der Waals surface area contributed by atoms with Crippen LogP contribution in [0.25, 0.3) is 0 Å². The summed E-state index contributed by atoms with van der Waals surface area (Å²) < 4.78 is 6.31. The lowest BCUT2D eigenvalue weighted by Crippen LogP contribution is -2.45. The van der Waals surface area contributed by atoms with Gasteiger partial charge < -0.3 is 14.9 Å². The van der Waals surface area contributed by atoms with Crippen molar-refractivity contribution < 1.29 is 24.5 Å². The number of rotatable bonds is 5. The third kappa shape index (κ3) is 7.95. The third-order valence-electron chi connectivity index (χ3n) is 4.57. The van der Waals surface area contributed by atoms with Gasteiger partial charge in [0.15, 0.2) is 0 Å². The number of ether oxygens (including phenoxy) is 1. The Morgan fingerprint density at radius 3 is 1.93 bits per heavy atom. The van der Waals surface area contributed by atoms with Crippen molar-refractivity contribution in [2.24, 2.45) is 0 Å². The summed E-state index contributed by atoms with van der Waals surface area (Å²) in [6.07, 6.45) is 0. The van der Waals surface area contributed by atoms with Gasteiger partial charge in [-0.1, -0.05) is 29.8 Å². The molecule has 7 nitrogen and oxygen atoms in total. The van der Waals surface area contributed by atoms with E-state index in [2.05, 4.69) is 50.0 Å². The molecule has 1 saturated heterocycles. The van der Waals surface area contributed by atoms with Crippen molar-refractivity contribution in [1.29, 1.82) is 0 Å². The minimum Gasteiger partial charge on any atom is -0.496 e. The third-order valence-corrected chi connectivity index (χ3v) is 5.42. The van der Waals surface area contributed by atoms with Gasteiger partial charge >= 0.3 is 11.9 Å². The van der Waals surface area contributed by atoms with E-state index in [4.69, 9.17) is 36.1 Å². The molecule has 1 fully saturated rings. The highest BCUT2D eigenvalue weighted by Gasteiger charge is 2.17. The molecule has 30 heavy (non-hydrogen) atoms. The number of nitrogens with zero attached hydrogens (tertiary/aromatic N) is 2. The molecule has 2 aromatic carbocycles. The highest BCUT2D eigenvalue weighted by Crippen LogP contribution is 2.26. The number of hydrogen-bond donors (Lipinski definition) is 2. The van der Waals surface area contributed by atoms with Crippen LogP contribution in [0, 0.1) is 0 Å². The zero-order valence-electron chi connectivity index (χ0n) is 16.6. The Bertz CT molecular complexity index is 860. The maximum Gasteiger partial charge on any atom is 0.414 e. The molecule has 9 heteroatoms. The van der Waals surface area contributed by atoms with E-state index in [-0.39, 0.29) is 0 Å². The van der Waals surface area contributed by atoms with E-state index in [0.717, 1.165) is 54.5 Å². The molecular formula is C21H24BrClN2O5. The standard InChI is InChI=1S/C19H22BrClN2O.C2H2O4/c1-24-19-6-5-16(12-18(19)20)14-23-9-7-22(8-10-23)13-15-3-2-4-17(21)11-15;3-1(4)2(5)6/h2-6,11-12H,7-10,13-14H2,1H3;(H,3,4)(H,5,6).